The summed E-state index contributed by atoms with van der Waals surface area (Å²) in [6.45, 7) is 45.7. The fourth-order valence-electron chi connectivity index (χ4n) is 3.54. The molecule has 0 heterocycles. The first kappa shape index (κ1) is 40.4. The first-order valence-electron chi connectivity index (χ1n) is 17.0. The molecule has 0 fully saturated rings. The van der Waals surface area contributed by atoms with Crippen LogP contribution in [0.25, 0.3) is 12.2 Å². The van der Waals surface area contributed by atoms with Gasteiger partial charge in [-0.15, -0.1) is 0 Å². The second-order valence-electron chi connectivity index (χ2n) is 19.2. The van der Waals surface area contributed by atoms with Crippen LogP contribution in [0.1, 0.15) is 94.2 Å². The minimum atomic E-state index is -2.11. The highest BCUT2D eigenvalue weighted by molar-refractivity contribution is 6.76. The van der Waals surface area contributed by atoms with Crippen molar-refractivity contribution in [3.8, 4) is 23.0 Å². The van der Waals surface area contributed by atoms with Crippen molar-refractivity contribution < 1.29 is 17.7 Å². The van der Waals surface area contributed by atoms with Gasteiger partial charge in [-0.2, -0.15) is 0 Å². The van der Waals surface area contributed by atoms with Gasteiger partial charge in [-0.1, -0.05) is 101 Å². The van der Waals surface area contributed by atoms with Crippen LogP contribution in [0.3, 0.4) is 0 Å². The van der Waals surface area contributed by atoms with Gasteiger partial charge in [-0.25, -0.2) is 0 Å². The van der Waals surface area contributed by atoms with E-state index in [9.17, 15) is 0 Å². The van der Waals surface area contributed by atoms with Crippen LogP contribution in [-0.2, 0) is 0 Å². The lowest BCUT2D eigenvalue weighted by atomic mass is 10.1. The average Bonchev–Trinajstić information content (AvgIpc) is 2.80. The standard InChI is InChI=1S/C38H68O4Si4/c1-35(2,3)43(13,14)39-31-25-30(26-32(28-31)40-44(15,16)36(4,5)6)22-21-29-23-24-33(41-45(17,18)37(7,8)9)34(27-29)42-46(19,20)38(10,11)12/h21-28H,1-20H3/b22-21-. The Kier molecular flexibility index (Phi) is 11.7. The van der Waals surface area contributed by atoms with Crippen molar-refractivity contribution in [2.24, 2.45) is 0 Å². The molecular weight excluding hydrogens is 633 g/mol. The average molecular weight is 701 g/mol. The smallest absolute Gasteiger partial charge is 0.250 e. The van der Waals surface area contributed by atoms with E-state index in [1.54, 1.807) is 0 Å². The molecule has 0 N–H and O–H groups in total. The lowest BCUT2D eigenvalue weighted by molar-refractivity contribution is 0.440. The summed E-state index contributed by atoms with van der Waals surface area (Å²) in [5.41, 5.74) is 2.12. The molecule has 46 heavy (non-hydrogen) atoms. The van der Waals surface area contributed by atoms with Crippen molar-refractivity contribution in [2.75, 3.05) is 0 Å². The molecule has 2 aromatic carbocycles. The van der Waals surface area contributed by atoms with Crippen molar-refractivity contribution in [1.82, 2.24) is 0 Å². The van der Waals surface area contributed by atoms with Crippen LogP contribution in [-0.4, -0.2) is 33.3 Å². The van der Waals surface area contributed by atoms with E-state index in [1.807, 2.05) is 0 Å². The maximum absolute atomic E-state index is 6.93. The van der Waals surface area contributed by atoms with E-state index in [0.29, 0.717) is 0 Å². The fourth-order valence-corrected chi connectivity index (χ4v) is 7.61. The number of hydrogen-bond donors (Lipinski definition) is 0. The minimum Gasteiger partial charge on any atom is -0.543 e. The van der Waals surface area contributed by atoms with Crippen LogP contribution in [0.2, 0.25) is 72.5 Å². The van der Waals surface area contributed by atoms with Crippen LogP contribution in [0.5, 0.6) is 23.0 Å². The van der Waals surface area contributed by atoms with Gasteiger partial charge in [0.2, 0.25) is 16.6 Å². The summed E-state index contributed by atoms with van der Waals surface area (Å²) in [6.07, 6.45) is 4.33. The van der Waals surface area contributed by atoms with E-state index in [2.05, 4.69) is 184 Å². The monoisotopic (exact) mass is 700 g/mol. The molecule has 4 nitrogen and oxygen atoms in total. The molecule has 0 radical (unpaired) electrons. The van der Waals surface area contributed by atoms with Crippen LogP contribution in [0, 0.1) is 0 Å². The highest BCUT2D eigenvalue weighted by Gasteiger charge is 2.43. The summed E-state index contributed by atoms with van der Waals surface area (Å²) in [6, 6.07) is 12.8. The summed E-state index contributed by atoms with van der Waals surface area (Å²) in [7, 11) is -8.29. The second-order valence-corrected chi connectivity index (χ2v) is 38.1. The summed E-state index contributed by atoms with van der Waals surface area (Å²) in [5.74, 6) is 3.45. The molecule has 2 rings (SSSR count). The largest absolute Gasteiger partial charge is 0.543 e. The van der Waals surface area contributed by atoms with E-state index >= 15 is 0 Å². The molecule has 8 heteroatoms. The van der Waals surface area contributed by atoms with Gasteiger partial charge in [0.05, 0.1) is 0 Å². The Labute approximate surface area is 288 Å². The Morgan fingerprint density at radius 1 is 0.391 bits per heavy atom. The van der Waals surface area contributed by atoms with E-state index in [0.717, 1.165) is 34.1 Å². The molecular formula is C38H68O4Si4. The number of rotatable bonds is 10. The lowest BCUT2D eigenvalue weighted by Crippen LogP contribution is -2.45. The third-order valence-electron chi connectivity index (χ3n) is 11.0. The Bertz CT molecular complexity index is 1330. The van der Waals surface area contributed by atoms with Gasteiger partial charge in [-0.05, 0) is 108 Å². The predicted molar refractivity (Wildman–Crippen MR) is 213 cm³/mol. The summed E-state index contributed by atoms with van der Waals surface area (Å²) >= 11 is 0. The van der Waals surface area contributed by atoms with Gasteiger partial charge in [0.15, 0.2) is 0 Å². The van der Waals surface area contributed by atoms with Crippen LogP contribution in [0.4, 0.5) is 0 Å². The van der Waals surface area contributed by atoms with Crippen molar-refractivity contribution >= 4 is 45.4 Å². The molecule has 0 aliphatic carbocycles. The second kappa shape index (κ2) is 13.3. The third kappa shape index (κ3) is 10.1. The van der Waals surface area contributed by atoms with Crippen LogP contribution < -0.4 is 17.7 Å². The maximum atomic E-state index is 6.93. The summed E-state index contributed by atoms with van der Waals surface area (Å²) in [4.78, 5) is 0. The van der Waals surface area contributed by atoms with Gasteiger partial charge in [0.25, 0.3) is 16.6 Å². The lowest BCUT2D eigenvalue weighted by Gasteiger charge is -2.39. The first-order valence-corrected chi connectivity index (χ1v) is 28.6. The Balaban J connectivity index is 2.65. The molecule has 0 aromatic heterocycles. The molecule has 0 saturated heterocycles. The van der Waals surface area contributed by atoms with Crippen LogP contribution >= 0.6 is 0 Å². The van der Waals surface area contributed by atoms with Gasteiger partial charge in [-0.3, -0.25) is 0 Å². The number of benzene rings is 2. The molecule has 260 valence electrons. The van der Waals surface area contributed by atoms with Crippen molar-refractivity contribution in [3.05, 3.63) is 47.5 Å². The summed E-state index contributed by atoms with van der Waals surface area (Å²) < 4.78 is 27.4. The highest BCUT2D eigenvalue weighted by atomic mass is 28.4. The Morgan fingerprint density at radius 3 is 1.09 bits per heavy atom. The zero-order valence-corrected chi connectivity index (χ0v) is 37.3. The van der Waals surface area contributed by atoms with Gasteiger partial charge < -0.3 is 17.7 Å². The molecule has 0 bridgehead atoms. The Morgan fingerprint density at radius 2 is 0.717 bits per heavy atom. The zero-order chi connectivity index (χ0) is 35.9. The summed E-state index contributed by atoms with van der Waals surface area (Å²) in [5, 5.41) is 0.335. The van der Waals surface area contributed by atoms with Crippen LogP contribution in [0.15, 0.2) is 36.4 Å². The van der Waals surface area contributed by atoms with Gasteiger partial charge in [0.1, 0.15) is 23.0 Å². The van der Waals surface area contributed by atoms with E-state index in [-0.39, 0.29) is 20.2 Å². The quantitative estimate of drug-likeness (QED) is 0.183. The third-order valence-corrected chi connectivity index (χ3v) is 28.4. The molecule has 0 atom stereocenters. The van der Waals surface area contributed by atoms with Gasteiger partial charge >= 0.3 is 0 Å². The van der Waals surface area contributed by atoms with Crippen molar-refractivity contribution in [2.45, 2.75) is 156 Å². The topological polar surface area (TPSA) is 36.9 Å². The van der Waals surface area contributed by atoms with Gasteiger partial charge in [0, 0.05) is 6.07 Å². The fraction of sp³-hybridized carbons (Fsp3) is 0.632. The first-order chi connectivity index (χ1) is 20.3. The van der Waals surface area contributed by atoms with E-state index in [1.165, 1.54) is 0 Å². The Hall–Kier alpha value is -1.75. The molecule has 0 unspecified atom stereocenters. The molecule has 0 spiro atoms. The number of hydrogen-bond acceptors (Lipinski definition) is 4. The maximum Gasteiger partial charge on any atom is 0.250 e. The van der Waals surface area contributed by atoms with Crippen molar-refractivity contribution in [3.63, 3.8) is 0 Å². The normalized spacial score (nSPS) is 14.4. The SMILES string of the molecule is CC(C)(C)[Si](C)(C)Oc1cc(/C=C\c2ccc(O[Si](C)(C)C(C)(C)C)c(O[Si](C)(C)C(C)(C)C)c2)cc(O[Si](C)(C)C(C)(C)C)c1. The minimum absolute atomic E-state index is 0.0677. The highest BCUT2D eigenvalue weighted by Crippen LogP contribution is 2.45. The predicted octanol–water partition coefficient (Wildman–Crippen LogP) is 13.4. The zero-order valence-electron chi connectivity index (χ0n) is 33.3. The molecule has 0 aliphatic rings. The molecule has 2 aromatic rings. The molecule has 0 saturated carbocycles. The van der Waals surface area contributed by atoms with Crippen molar-refractivity contribution in [1.29, 1.82) is 0 Å². The molecule has 0 aliphatic heterocycles. The van der Waals surface area contributed by atoms with E-state index in [4.69, 9.17) is 17.7 Å². The van der Waals surface area contributed by atoms with E-state index < -0.39 is 33.3 Å². The molecule has 0 amide bonds.